The average Bonchev–Trinajstić information content (AvgIpc) is 3.41. The molecule has 0 saturated heterocycles. The minimum absolute atomic E-state index is 0.0197. The molecule has 0 spiro atoms. The maximum absolute atomic E-state index is 12.2. The van der Waals surface area contributed by atoms with Gasteiger partial charge in [0.2, 0.25) is 5.91 Å². The Labute approximate surface area is 196 Å². The Balaban J connectivity index is 1.41. The van der Waals surface area contributed by atoms with Crippen LogP contribution in [-0.4, -0.2) is 49.4 Å². The van der Waals surface area contributed by atoms with Crippen molar-refractivity contribution in [3.05, 3.63) is 53.1 Å². The van der Waals surface area contributed by atoms with Gasteiger partial charge in [0.1, 0.15) is 22.9 Å². The fourth-order valence-electron chi connectivity index (χ4n) is 4.37. The van der Waals surface area contributed by atoms with E-state index in [1.54, 1.807) is 11.0 Å². The number of nitrogens with two attached hydrogens (primary N) is 1. The SMILES string of the molecule is CC(=O)N(CC#Cc1ccc(O)c(C(N)=O)c1)CC1CCC(n2ccc3c(Cl)ncnc32)C1. The van der Waals surface area contributed by atoms with Gasteiger partial charge in [0, 0.05) is 31.3 Å². The third-order valence-corrected chi connectivity index (χ3v) is 6.36. The van der Waals surface area contributed by atoms with Crippen LogP contribution in [0.5, 0.6) is 5.75 Å². The summed E-state index contributed by atoms with van der Waals surface area (Å²) >= 11 is 6.18. The van der Waals surface area contributed by atoms with Gasteiger partial charge in [-0.3, -0.25) is 9.59 Å². The van der Waals surface area contributed by atoms with Gasteiger partial charge in [-0.15, -0.1) is 0 Å². The molecule has 2 heterocycles. The number of amides is 2. The molecule has 2 unspecified atom stereocenters. The van der Waals surface area contributed by atoms with Crippen molar-refractivity contribution in [3.63, 3.8) is 0 Å². The van der Waals surface area contributed by atoms with Gasteiger partial charge in [-0.05, 0) is 49.4 Å². The fraction of sp³-hybridized carbons (Fsp3) is 0.333. The number of carbonyl (C=O) groups excluding carboxylic acids is 2. The minimum Gasteiger partial charge on any atom is -0.507 e. The zero-order valence-corrected chi connectivity index (χ0v) is 18.9. The molecule has 3 aromatic rings. The number of phenols is 1. The second-order valence-corrected chi connectivity index (χ2v) is 8.61. The number of halogens is 1. The molecule has 2 atom stereocenters. The number of rotatable bonds is 5. The molecule has 3 N–H and O–H groups in total. The molecule has 1 aromatic carbocycles. The predicted molar refractivity (Wildman–Crippen MR) is 125 cm³/mol. The second-order valence-electron chi connectivity index (χ2n) is 8.26. The van der Waals surface area contributed by atoms with Crippen LogP contribution < -0.4 is 5.73 Å². The second kappa shape index (κ2) is 9.51. The van der Waals surface area contributed by atoms with Gasteiger partial charge >= 0.3 is 0 Å². The molecule has 1 fully saturated rings. The number of aromatic hydroxyl groups is 1. The molecule has 1 saturated carbocycles. The highest BCUT2D eigenvalue weighted by atomic mass is 35.5. The summed E-state index contributed by atoms with van der Waals surface area (Å²) in [5, 5.41) is 11.0. The summed E-state index contributed by atoms with van der Waals surface area (Å²) in [6.45, 7) is 2.44. The molecule has 1 aliphatic carbocycles. The summed E-state index contributed by atoms with van der Waals surface area (Å²) in [4.78, 5) is 33.8. The van der Waals surface area contributed by atoms with Crippen LogP contribution in [0.15, 0.2) is 36.8 Å². The molecule has 33 heavy (non-hydrogen) atoms. The Morgan fingerprint density at radius 2 is 2.12 bits per heavy atom. The first kappa shape index (κ1) is 22.6. The van der Waals surface area contributed by atoms with Gasteiger partial charge in [-0.25, -0.2) is 9.97 Å². The molecule has 2 amide bonds. The summed E-state index contributed by atoms with van der Waals surface area (Å²) in [7, 11) is 0. The zero-order valence-electron chi connectivity index (χ0n) is 18.2. The first-order valence-corrected chi connectivity index (χ1v) is 11.1. The van der Waals surface area contributed by atoms with Crippen molar-refractivity contribution in [2.24, 2.45) is 11.7 Å². The lowest BCUT2D eigenvalue weighted by Crippen LogP contribution is -2.33. The van der Waals surface area contributed by atoms with Crippen LogP contribution in [0.1, 0.15) is 48.1 Å². The smallest absolute Gasteiger partial charge is 0.252 e. The lowest BCUT2D eigenvalue weighted by molar-refractivity contribution is -0.128. The van der Waals surface area contributed by atoms with Crippen molar-refractivity contribution in [1.82, 2.24) is 19.4 Å². The summed E-state index contributed by atoms with van der Waals surface area (Å²) < 4.78 is 2.15. The van der Waals surface area contributed by atoms with E-state index in [9.17, 15) is 14.7 Å². The van der Waals surface area contributed by atoms with Crippen LogP contribution in [0.2, 0.25) is 5.15 Å². The predicted octanol–water partition coefficient (Wildman–Crippen LogP) is 3.13. The lowest BCUT2D eigenvalue weighted by Gasteiger charge is -2.22. The third kappa shape index (κ3) is 4.94. The summed E-state index contributed by atoms with van der Waals surface area (Å²) in [6, 6.07) is 6.67. The first-order valence-electron chi connectivity index (χ1n) is 10.7. The summed E-state index contributed by atoms with van der Waals surface area (Å²) in [5.74, 6) is 5.35. The molecular weight excluding hydrogens is 442 g/mol. The van der Waals surface area contributed by atoms with Crippen molar-refractivity contribution in [2.75, 3.05) is 13.1 Å². The number of benzene rings is 1. The van der Waals surface area contributed by atoms with E-state index in [1.807, 2.05) is 12.3 Å². The van der Waals surface area contributed by atoms with E-state index < -0.39 is 5.91 Å². The number of primary amides is 1. The summed E-state index contributed by atoms with van der Waals surface area (Å²) in [6.07, 6.45) is 6.41. The first-order chi connectivity index (χ1) is 15.8. The van der Waals surface area contributed by atoms with Gasteiger partial charge in [-0.1, -0.05) is 23.4 Å². The highest BCUT2D eigenvalue weighted by Crippen LogP contribution is 2.37. The Morgan fingerprint density at radius 3 is 2.88 bits per heavy atom. The van der Waals surface area contributed by atoms with Crippen molar-refractivity contribution < 1.29 is 14.7 Å². The molecule has 8 nitrogen and oxygen atoms in total. The van der Waals surface area contributed by atoms with Crippen LogP contribution in [0.25, 0.3) is 11.0 Å². The van der Waals surface area contributed by atoms with Crippen LogP contribution in [0.3, 0.4) is 0 Å². The van der Waals surface area contributed by atoms with Crippen LogP contribution in [0, 0.1) is 17.8 Å². The van der Waals surface area contributed by atoms with Crippen LogP contribution in [0.4, 0.5) is 0 Å². The maximum Gasteiger partial charge on any atom is 0.252 e. The number of hydrogen-bond donors (Lipinski definition) is 2. The Kier molecular flexibility index (Phi) is 6.52. The normalized spacial score (nSPS) is 17.5. The van der Waals surface area contributed by atoms with Gasteiger partial charge in [0.25, 0.3) is 5.91 Å². The highest BCUT2D eigenvalue weighted by Gasteiger charge is 2.29. The van der Waals surface area contributed by atoms with E-state index in [-0.39, 0.29) is 23.8 Å². The topological polar surface area (TPSA) is 114 Å². The largest absolute Gasteiger partial charge is 0.507 e. The Morgan fingerprint density at radius 1 is 1.30 bits per heavy atom. The van der Waals surface area contributed by atoms with Gasteiger partial charge < -0.3 is 20.3 Å². The summed E-state index contributed by atoms with van der Waals surface area (Å²) in [5.41, 5.74) is 6.66. The quantitative estimate of drug-likeness (QED) is 0.443. The van der Waals surface area contributed by atoms with Gasteiger partial charge in [0.05, 0.1) is 17.5 Å². The molecular formula is C24H24ClN5O3. The fourth-order valence-corrected chi connectivity index (χ4v) is 4.56. The van der Waals surface area contributed by atoms with E-state index in [1.165, 1.54) is 25.4 Å². The maximum atomic E-state index is 12.2. The van der Waals surface area contributed by atoms with Crippen LogP contribution >= 0.6 is 11.6 Å². The van der Waals surface area contributed by atoms with E-state index in [4.69, 9.17) is 17.3 Å². The van der Waals surface area contributed by atoms with Crippen molar-refractivity contribution in [1.29, 1.82) is 0 Å². The number of hydrogen-bond acceptors (Lipinski definition) is 5. The standard InChI is InChI=1S/C24H24ClN5O3/c1-15(31)29(9-2-3-16-5-7-21(32)20(12-16)23(26)33)13-17-4-6-18(11-17)30-10-8-19-22(25)27-14-28-24(19)30/h5,7-8,10,12,14,17-18,32H,4,6,9,11,13H2,1H3,(H2,26,33). The molecule has 9 heteroatoms. The van der Waals surface area contributed by atoms with Gasteiger partial charge in [-0.2, -0.15) is 0 Å². The lowest BCUT2D eigenvalue weighted by atomic mass is 10.1. The molecule has 1 aliphatic rings. The molecule has 0 radical (unpaired) electrons. The number of fused-ring (bicyclic) bond motifs is 1. The van der Waals surface area contributed by atoms with Crippen LogP contribution in [-0.2, 0) is 4.79 Å². The van der Waals surface area contributed by atoms with Crippen molar-refractivity contribution >= 4 is 34.4 Å². The third-order valence-electron chi connectivity index (χ3n) is 6.06. The molecule has 0 aliphatic heterocycles. The van der Waals surface area contributed by atoms with E-state index >= 15 is 0 Å². The molecule has 2 aromatic heterocycles. The average molecular weight is 466 g/mol. The number of nitrogens with zero attached hydrogens (tertiary/aromatic N) is 4. The van der Waals surface area contributed by atoms with E-state index in [2.05, 4.69) is 26.4 Å². The monoisotopic (exact) mass is 465 g/mol. The minimum atomic E-state index is -0.721. The molecule has 4 rings (SSSR count). The van der Waals surface area contributed by atoms with E-state index in [0.717, 1.165) is 30.3 Å². The van der Waals surface area contributed by atoms with Gasteiger partial charge in [0.15, 0.2) is 0 Å². The Bertz CT molecular complexity index is 1280. The zero-order chi connectivity index (χ0) is 23.5. The Hall–Kier alpha value is -3.57. The molecule has 170 valence electrons. The number of carbonyl (C=O) groups is 2. The number of aromatic nitrogens is 3. The van der Waals surface area contributed by atoms with Crippen molar-refractivity contribution in [3.8, 4) is 17.6 Å². The highest BCUT2D eigenvalue weighted by molar-refractivity contribution is 6.33. The van der Waals surface area contributed by atoms with E-state index in [0.29, 0.717) is 29.2 Å². The molecule has 0 bridgehead atoms. The van der Waals surface area contributed by atoms with Crippen molar-refractivity contribution in [2.45, 2.75) is 32.2 Å².